The number of benzene rings is 8. The average Bonchev–Trinajstić information content (AvgIpc) is 1.61. The molecule has 6 aliphatic rings. The predicted molar refractivity (Wildman–Crippen MR) is 367 cm³/mol. The van der Waals surface area contributed by atoms with E-state index in [2.05, 4.69) is 284 Å². The van der Waals surface area contributed by atoms with Gasteiger partial charge in [-0.15, -0.1) is 0 Å². The van der Waals surface area contributed by atoms with Gasteiger partial charge in [-0.2, -0.15) is 0 Å². The molecule has 85 heavy (non-hydrogen) atoms. The summed E-state index contributed by atoms with van der Waals surface area (Å²) < 4.78 is 0. The van der Waals surface area contributed by atoms with Gasteiger partial charge in [-0.1, -0.05) is 214 Å². The van der Waals surface area contributed by atoms with Gasteiger partial charge in [-0.3, -0.25) is 0 Å². The van der Waals surface area contributed by atoms with Crippen LogP contribution >= 0.6 is 0 Å². The van der Waals surface area contributed by atoms with E-state index in [0.29, 0.717) is 0 Å². The van der Waals surface area contributed by atoms with Gasteiger partial charge in [0.2, 0.25) is 0 Å². The SMILES string of the molecule is Cc1cc(C(C)(C)C)ccc1N1c2cc3c(cc2B2c4cc5c(cc4N(c4ccc(C(C)(C)C)cc4-c4ccccc4)c4cc(N6c7ccc(-c8ccccc8)cc7C7(C)CCCCC67C)cc1c42)C(C)(C)CCC5(C)C)C(C)(C)CCC3(C)C. The van der Waals surface area contributed by atoms with E-state index in [9.17, 15) is 0 Å². The Balaban J connectivity index is 1.16. The molecule has 0 radical (unpaired) electrons. The zero-order valence-corrected chi connectivity index (χ0v) is 54.5. The highest BCUT2D eigenvalue weighted by molar-refractivity contribution is 7.00. The van der Waals surface area contributed by atoms with Crippen molar-refractivity contribution in [1.82, 2.24) is 0 Å². The molecule has 434 valence electrons. The van der Waals surface area contributed by atoms with Gasteiger partial charge in [0, 0.05) is 50.8 Å². The molecule has 1 fully saturated rings. The third-order valence-electron chi connectivity index (χ3n) is 23.0. The fourth-order valence-corrected chi connectivity index (χ4v) is 17.1. The van der Waals surface area contributed by atoms with E-state index in [1.54, 1.807) is 0 Å². The first-order valence-electron chi connectivity index (χ1n) is 32.5. The van der Waals surface area contributed by atoms with Crippen LogP contribution < -0.4 is 31.1 Å². The second kappa shape index (κ2) is 18.6. The van der Waals surface area contributed by atoms with Crippen LogP contribution in [0.4, 0.5) is 45.5 Å². The Morgan fingerprint density at radius 2 is 0.835 bits per heavy atom. The molecule has 3 heterocycles. The van der Waals surface area contributed by atoms with Crippen LogP contribution in [0.3, 0.4) is 0 Å². The predicted octanol–water partition coefficient (Wildman–Crippen LogP) is 20.4. The molecule has 2 atom stereocenters. The van der Waals surface area contributed by atoms with Gasteiger partial charge in [-0.25, -0.2) is 0 Å². The number of fused-ring (bicyclic) bond motifs is 9. The van der Waals surface area contributed by atoms with Gasteiger partial charge < -0.3 is 14.7 Å². The summed E-state index contributed by atoms with van der Waals surface area (Å²) in [5.41, 5.74) is 30.8. The van der Waals surface area contributed by atoms with Crippen LogP contribution in [0, 0.1) is 6.92 Å². The van der Waals surface area contributed by atoms with Crippen molar-refractivity contribution in [2.75, 3.05) is 14.7 Å². The molecule has 0 saturated heterocycles. The molecule has 0 bridgehead atoms. The number of anilines is 8. The van der Waals surface area contributed by atoms with Crippen LogP contribution in [-0.4, -0.2) is 12.3 Å². The van der Waals surface area contributed by atoms with Crippen molar-refractivity contribution in [2.24, 2.45) is 0 Å². The maximum atomic E-state index is 2.87. The van der Waals surface area contributed by atoms with Crippen molar-refractivity contribution < 1.29 is 0 Å². The summed E-state index contributed by atoms with van der Waals surface area (Å²) in [6.45, 7) is 41.9. The fraction of sp³-hybridized carbons (Fsp3) is 0.407. The lowest BCUT2D eigenvalue weighted by Crippen LogP contribution is -2.62. The second-order valence-corrected chi connectivity index (χ2v) is 32.3. The normalized spacial score (nSPS) is 21.9. The van der Waals surface area contributed by atoms with E-state index in [-0.39, 0.29) is 50.2 Å². The minimum absolute atomic E-state index is 0.00173. The minimum Gasteiger partial charge on any atom is -0.334 e. The molecule has 8 aromatic carbocycles. The zero-order chi connectivity index (χ0) is 59.9. The number of aryl methyl sites for hydroxylation is 1. The summed E-state index contributed by atoms with van der Waals surface area (Å²) >= 11 is 0. The van der Waals surface area contributed by atoms with Crippen LogP contribution in [0.1, 0.15) is 207 Å². The molecular formula is C81H92BN3. The highest BCUT2D eigenvalue weighted by Crippen LogP contribution is 2.63. The first-order valence-corrected chi connectivity index (χ1v) is 32.5. The van der Waals surface area contributed by atoms with Gasteiger partial charge in [-0.05, 0) is 217 Å². The van der Waals surface area contributed by atoms with Crippen LogP contribution in [0.5, 0.6) is 0 Å². The van der Waals surface area contributed by atoms with E-state index < -0.39 is 0 Å². The van der Waals surface area contributed by atoms with Crippen molar-refractivity contribution in [2.45, 2.75) is 213 Å². The molecule has 0 aromatic heterocycles. The summed E-state index contributed by atoms with van der Waals surface area (Å²) in [5.74, 6) is 0. The van der Waals surface area contributed by atoms with E-state index in [1.165, 1.54) is 141 Å². The average molecular weight is 1120 g/mol. The molecule has 3 aliphatic heterocycles. The Bertz CT molecular complexity index is 4050. The molecule has 0 spiro atoms. The van der Waals surface area contributed by atoms with E-state index in [4.69, 9.17) is 0 Å². The molecule has 3 aliphatic carbocycles. The number of rotatable bonds is 5. The molecule has 0 amide bonds. The Morgan fingerprint density at radius 3 is 1.35 bits per heavy atom. The summed E-state index contributed by atoms with van der Waals surface area (Å²) in [6, 6.07) is 61.1. The van der Waals surface area contributed by atoms with Gasteiger partial charge in [0.1, 0.15) is 0 Å². The Morgan fingerprint density at radius 1 is 0.376 bits per heavy atom. The smallest absolute Gasteiger partial charge is 0.252 e. The molecular weight excluding hydrogens is 1030 g/mol. The van der Waals surface area contributed by atoms with Gasteiger partial charge >= 0.3 is 0 Å². The zero-order valence-electron chi connectivity index (χ0n) is 54.5. The number of hydrogen-bond acceptors (Lipinski definition) is 3. The maximum absolute atomic E-state index is 2.87. The van der Waals surface area contributed by atoms with Crippen LogP contribution in [0.2, 0.25) is 0 Å². The Kier molecular flexibility index (Phi) is 12.3. The lowest BCUT2D eigenvalue weighted by Gasteiger charge is -2.52. The van der Waals surface area contributed by atoms with Gasteiger partial charge in [0.15, 0.2) is 0 Å². The van der Waals surface area contributed by atoms with Gasteiger partial charge in [0.25, 0.3) is 6.71 Å². The van der Waals surface area contributed by atoms with Crippen molar-refractivity contribution in [1.29, 1.82) is 0 Å². The molecule has 14 rings (SSSR count). The number of nitrogens with zero attached hydrogens (tertiary/aromatic N) is 3. The van der Waals surface area contributed by atoms with Crippen LogP contribution in [0.25, 0.3) is 22.3 Å². The molecule has 2 unspecified atom stereocenters. The van der Waals surface area contributed by atoms with Crippen LogP contribution in [-0.2, 0) is 37.9 Å². The first-order chi connectivity index (χ1) is 40.0. The topological polar surface area (TPSA) is 9.72 Å². The van der Waals surface area contributed by atoms with Crippen molar-refractivity contribution >= 4 is 68.6 Å². The van der Waals surface area contributed by atoms with Gasteiger partial charge in [0.05, 0.1) is 11.2 Å². The molecule has 1 saturated carbocycles. The van der Waals surface area contributed by atoms with Crippen LogP contribution in [0.15, 0.2) is 152 Å². The lowest BCUT2D eigenvalue weighted by atomic mass is 9.32. The molecule has 8 aromatic rings. The summed E-state index contributed by atoms with van der Waals surface area (Å²) in [6.07, 6.45) is 9.32. The lowest BCUT2D eigenvalue weighted by molar-refractivity contribution is 0.195. The quantitative estimate of drug-likeness (QED) is 0.159. The van der Waals surface area contributed by atoms with Crippen molar-refractivity contribution in [3.63, 3.8) is 0 Å². The Labute approximate surface area is 511 Å². The largest absolute Gasteiger partial charge is 0.334 e. The van der Waals surface area contributed by atoms with Crippen molar-refractivity contribution in [3.05, 3.63) is 196 Å². The highest BCUT2D eigenvalue weighted by Gasteiger charge is 2.59. The Hall–Kier alpha value is -6.78. The standard InChI is InChI=1S/C81H92BN3/c1-51-42-55(74(2,3)4)31-34-66(51)83-69-49-61-59(76(8,9)38-40-78(61,12)13)47-64(69)82-65-48-60-62(79(14,15)41-39-77(60,10)11)50-70(65)84(67-35-32-56(75(5,6)7)44-58(67)53-28-22-19-23-29-53)72-46-57(45-71(83)73(72)82)85-68-33-30-54(52-26-20-18-21-27-52)43-63(68)80(16)36-24-25-37-81(80,85)17/h18-23,26-35,42-50H,24-25,36-41H2,1-17H3. The monoisotopic (exact) mass is 1120 g/mol. The van der Waals surface area contributed by atoms with Crippen molar-refractivity contribution in [3.8, 4) is 22.3 Å². The molecule has 4 heteroatoms. The maximum Gasteiger partial charge on any atom is 0.252 e. The highest BCUT2D eigenvalue weighted by atomic mass is 15.3. The third kappa shape index (κ3) is 8.39. The first kappa shape index (κ1) is 56.1. The molecule has 3 nitrogen and oxygen atoms in total. The fourth-order valence-electron chi connectivity index (χ4n) is 17.1. The number of hydrogen-bond donors (Lipinski definition) is 0. The third-order valence-corrected chi connectivity index (χ3v) is 23.0. The van der Waals surface area contributed by atoms with E-state index >= 15 is 0 Å². The minimum atomic E-state index is -0.199. The van der Waals surface area contributed by atoms with E-state index in [1.807, 2.05) is 0 Å². The summed E-state index contributed by atoms with van der Waals surface area (Å²) in [4.78, 5) is 8.45. The second-order valence-electron chi connectivity index (χ2n) is 32.3. The van der Waals surface area contributed by atoms with E-state index in [0.717, 1.165) is 38.5 Å². The summed E-state index contributed by atoms with van der Waals surface area (Å²) in [5, 5.41) is 0. The summed E-state index contributed by atoms with van der Waals surface area (Å²) in [7, 11) is 0. The molecule has 0 N–H and O–H groups in total.